The van der Waals surface area contributed by atoms with E-state index in [0.29, 0.717) is 0 Å². The van der Waals surface area contributed by atoms with Gasteiger partial charge in [0.05, 0.1) is 23.6 Å². The van der Waals surface area contributed by atoms with Crippen LogP contribution in [-0.2, 0) is 0 Å². The SMILES string of the molecule is CCCC(=NC(CC)c1ccnc(Br)c1)/C1=C/CCC=Cc2c1cnn2-c1ccc(F)cc1. The molecule has 33 heavy (non-hydrogen) atoms. The Hall–Kier alpha value is -2.86. The largest absolute Gasteiger partial charge is 0.281 e. The third kappa shape index (κ3) is 5.38. The van der Waals surface area contributed by atoms with Gasteiger partial charge in [0.15, 0.2) is 0 Å². The number of aromatic nitrogens is 3. The van der Waals surface area contributed by atoms with Crippen LogP contribution < -0.4 is 0 Å². The Bertz CT molecular complexity index is 1190. The monoisotopic (exact) mass is 506 g/mol. The van der Waals surface area contributed by atoms with Crippen molar-refractivity contribution < 1.29 is 4.39 Å². The van der Waals surface area contributed by atoms with Crippen molar-refractivity contribution in [2.75, 3.05) is 0 Å². The van der Waals surface area contributed by atoms with Gasteiger partial charge in [-0.05, 0) is 89.7 Å². The number of hydrogen-bond acceptors (Lipinski definition) is 3. The van der Waals surface area contributed by atoms with Crippen LogP contribution in [0.5, 0.6) is 0 Å². The van der Waals surface area contributed by atoms with E-state index in [1.165, 1.54) is 12.1 Å². The van der Waals surface area contributed by atoms with Crippen molar-refractivity contribution in [1.29, 1.82) is 0 Å². The van der Waals surface area contributed by atoms with E-state index in [0.717, 1.165) is 70.5 Å². The summed E-state index contributed by atoms with van der Waals surface area (Å²) < 4.78 is 16.2. The Morgan fingerprint density at radius 3 is 2.73 bits per heavy atom. The molecule has 0 fully saturated rings. The Labute approximate surface area is 203 Å². The molecule has 4 rings (SSSR count). The Morgan fingerprint density at radius 1 is 1.18 bits per heavy atom. The predicted octanol–water partition coefficient (Wildman–Crippen LogP) is 7.75. The van der Waals surface area contributed by atoms with E-state index >= 15 is 0 Å². The van der Waals surface area contributed by atoms with Crippen LogP contribution in [0.2, 0.25) is 0 Å². The summed E-state index contributed by atoms with van der Waals surface area (Å²) in [5, 5.41) is 4.68. The summed E-state index contributed by atoms with van der Waals surface area (Å²) in [5.41, 5.74) is 6.30. The summed E-state index contributed by atoms with van der Waals surface area (Å²) in [7, 11) is 0. The van der Waals surface area contributed by atoms with Crippen LogP contribution in [0.1, 0.15) is 68.8 Å². The quantitative estimate of drug-likeness (QED) is 0.242. The third-order valence-corrected chi connectivity index (χ3v) is 6.19. The smallest absolute Gasteiger partial charge is 0.123 e. The molecule has 0 bridgehead atoms. The van der Waals surface area contributed by atoms with Crippen LogP contribution in [0.25, 0.3) is 17.3 Å². The van der Waals surface area contributed by atoms with Gasteiger partial charge in [-0.1, -0.05) is 32.4 Å². The van der Waals surface area contributed by atoms with Gasteiger partial charge in [-0.3, -0.25) is 4.99 Å². The zero-order valence-corrected chi connectivity index (χ0v) is 20.6. The van der Waals surface area contributed by atoms with Crippen molar-refractivity contribution in [2.45, 2.75) is 52.0 Å². The standard InChI is InChI=1S/C27H28BrFN4/c1-3-8-25(32-24(4-2)19-15-16-30-27(28)17-19)22-9-6-5-7-10-26-23(22)18-31-33(26)21-13-11-20(29)12-14-21/h7,9-18,24H,3-6,8H2,1-2H3/b10-7?,22-9+,32-25?. The van der Waals surface area contributed by atoms with Crippen LogP contribution in [0.15, 0.2) is 70.5 Å². The molecule has 6 heteroatoms. The molecular formula is C27H28BrFN4. The van der Waals surface area contributed by atoms with E-state index in [1.807, 2.05) is 23.1 Å². The lowest BCUT2D eigenvalue weighted by molar-refractivity contribution is 0.627. The number of rotatable bonds is 7. The summed E-state index contributed by atoms with van der Waals surface area (Å²) in [6.45, 7) is 4.35. The molecule has 1 aliphatic rings. The second-order valence-electron chi connectivity index (χ2n) is 8.09. The van der Waals surface area contributed by atoms with Gasteiger partial charge in [-0.25, -0.2) is 14.1 Å². The van der Waals surface area contributed by atoms with Gasteiger partial charge in [0.25, 0.3) is 0 Å². The van der Waals surface area contributed by atoms with E-state index in [9.17, 15) is 4.39 Å². The number of allylic oxidation sites excluding steroid dienone is 3. The summed E-state index contributed by atoms with van der Waals surface area (Å²) >= 11 is 3.49. The first-order chi connectivity index (χ1) is 16.1. The van der Waals surface area contributed by atoms with Gasteiger partial charge in [0.1, 0.15) is 10.4 Å². The van der Waals surface area contributed by atoms with Crippen molar-refractivity contribution in [2.24, 2.45) is 4.99 Å². The van der Waals surface area contributed by atoms with Crippen molar-refractivity contribution in [3.63, 3.8) is 0 Å². The topological polar surface area (TPSA) is 43.1 Å². The van der Waals surface area contributed by atoms with Crippen LogP contribution in [0.3, 0.4) is 0 Å². The minimum Gasteiger partial charge on any atom is -0.281 e. The average molecular weight is 507 g/mol. The van der Waals surface area contributed by atoms with Gasteiger partial charge in [0.2, 0.25) is 0 Å². The summed E-state index contributed by atoms with van der Waals surface area (Å²) in [4.78, 5) is 9.54. The van der Waals surface area contributed by atoms with E-state index in [4.69, 9.17) is 4.99 Å². The van der Waals surface area contributed by atoms with Crippen LogP contribution in [-0.4, -0.2) is 20.5 Å². The van der Waals surface area contributed by atoms with Gasteiger partial charge in [-0.15, -0.1) is 0 Å². The number of aliphatic imine (C=N–C) groups is 1. The fraction of sp³-hybridized carbons (Fsp3) is 0.296. The number of pyridine rings is 1. The number of hydrogen-bond donors (Lipinski definition) is 0. The number of nitrogens with zero attached hydrogens (tertiary/aromatic N) is 4. The van der Waals surface area contributed by atoms with E-state index < -0.39 is 0 Å². The molecule has 0 radical (unpaired) electrons. The van der Waals surface area contributed by atoms with Crippen molar-refractivity contribution in [1.82, 2.24) is 14.8 Å². The molecular weight excluding hydrogens is 479 g/mol. The second kappa shape index (κ2) is 10.8. The Morgan fingerprint density at radius 2 is 2.00 bits per heavy atom. The number of halogens is 2. The molecule has 3 aromatic rings. The molecule has 2 aromatic heterocycles. The molecule has 1 unspecified atom stereocenters. The maximum Gasteiger partial charge on any atom is 0.123 e. The van der Waals surface area contributed by atoms with Crippen LogP contribution >= 0.6 is 15.9 Å². The second-order valence-corrected chi connectivity index (χ2v) is 8.90. The highest BCUT2D eigenvalue weighted by Gasteiger charge is 2.20. The lowest BCUT2D eigenvalue weighted by atomic mass is 9.94. The summed E-state index contributed by atoms with van der Waals surface area (Å²) in [5.74, 6) is -0.254. The molecule has 170 valence electrons. The molecule has 4 nitrogen and oxygen atoms in total. The maximum absolute atomic E-state index is 13.5. The molecule has 1 aliphatic carbocycles. The van der Waals surface area contributed by atoms with E-state index in [2.05, 4.69) is 64.2 Å². The van der Waals surface area contributed by atoms with Gasteiger partial charge >= 0.3 is 0 Å². The average Bonchev–Trinajstić information content (AvgIpc) is 3.20. The zero-order valence-electron chi connectivity index (χ0n) is 19.0. The first-order valence-corrected chi connectivity index (χ1v) is 12.3. The van der Waals surface area contributed by atoms with E-state index in [-0.39, 0.29) is 11.9 Å². The molecule has 2 heterocycles. The normalized spacial score (nSPS) is 16.5. The lowest BCUT2D eigenvalue weighted by Gasteiger charge is -2.18. The van der Waals surface area contributed by atoms with Crippen molar-refractivity contribution in [3.05, 3.63) is 88.2 Å². The van der Waals surface area contributed by atoms with E-state index in [1.54, 1.807) is 12.1 Å². The Balaban J connectivity index is 1.79. The van der Waals surface area contributed by atoms with Crippen LogP contribution in [0.4, 0.5) is 4.39 Å². The first-order valence-electron chi connectivity index (χ1n) is 11.5. The molecule has 0 amide bonds. The lowest BCUT2D eigenvalue weighted by Crippen LogP contribution is -2.08. The van der Waals surface area contributed by atoms with Gasteiger partial charge in [0, 0.05) is 23.0 Å². The Kier molecular flexibility index (Phi) is 7.65. The third-order valence-electron chi connectivity index (χ3n) is 5.76. The molecule has 0 spiro atoms. The first kappa shape index (κ1) is 23.3. The van der Waals surface area contributed by atoms with Gasteiger partial charge in [-0.2, -0.15) is 5.10 Å². The molecule has 0 saturated carbocycles. The minimum atomic E-state index is -0.254. The minimum absolute atomic E-state index is 0.0586. The number of fused-ring (bicyclic) bond motifs is 1. The molecule has 1 atom stereocenters. The maximum atomic E-state index is 13.5. The zero-order chi connectivity index (χ0) is 23.2. The molecule has 0 saturated heterocycles. The summed E-state index contributed by atoms with van der Waals surface area (Å²) in [6.07, 6.45) is 15.0. The molecule has 0 N–H and O–H groups in total. The van der Waals surface area contributed by atoms with Crippen molar-refractivity contribution >= 4 is 33.3 Å². The van der Waals surface area contributed by atoms with Crippen molar-refractivity contribution in [3.8, 4) is 5.69 Å². The highest BCUT2D eigenvalue weighted by Crippen LogP contribution is 2.31. The highest BCUT2D eigenvalue weighted by molar-refractivity contribution is 9.10. The predicted molar refractivity (Wildman–Crippen MR) is 137 cm³/mol. The fourth-order valence-corrected chi connectivity index (χ4v) is 4.52. The highest BCUT2D eigenvalue weighted by atomic mass is 79.9. The number of benzene rings is 1. The fourth-order valence-electron chi connectivity index (χ4n) is 4.14. The van der Waals surface area contributed by atoms with Gasteiger partial charge < -0.3 is 0 Å². The summed E-state index contributed by atoms with van der Waals surface area (Å²) in [6, 6.07) is 10.6. The molecule has 0 aliphatic heterocycles. The molecule has 1 aromatic carbocycles. The van der Waals surface area contributed by atoms with Crippen LogP contribution in [0, 0.1) is 5.82 Å².